The quantitative estimate of drug-likeness (QED) is 0.807. The molecule has 112 valence electrons. The molecule has 0 saturated heterocycles. The van der Waals surface area contributed by atoms with Gasteiger partial charge in [-0.25, -0.2) is 13.8 Å². The largest absolute Gasteiger partial charge is 0.340 e. The molecule has 1 aromatic carbocycles. The van der Waals surface area contributed by atoms with Gasteiger partial charge in [0.1, 0.15) is 11.6 Å². The van der Waals surface area contributed by atoms with Crippen LogP contribution in [0.2, 0.25) is 0 Å². The van der Waals surface area contributed by atoms with E-state index in [1.54, 1.807) is 0 Å². The molecular formula is C16H13F2N3O. The Morgan fingerprint density at radius 1 is 1.18 bits per heavy atom. The van der Waals surface area contributed by atoms with E-state index >= 15 is 0 Å². The molecule has 2 heterocycles. The van der Waals surface area contributed by atoms with Crippen LogP contribution in [-0.2, 0) is 6.42 Å². The van der Waals surface area contributed by atoms with Gasteiger partial charge >= 0.3 is 0 Å². The van der Waals surface area contributed by atoms with E-state index < -0.39 is 5.82 Å². The van der Waals surface area contributed by atoms with Gasteiger partial charge in [0.25, 0.3) is 5.56 Å². The minimum atomic E-state index is -0.579. The molecular weight excluding hydrogens is 288 g/mol. The van der Waals surface area contributed by atoms with Crippen molar-refractivity contribution in [3.8, 4) is 0 Å². The van der Waals surface area contributed by atoms with Crippen LogP contribution in [0.3, 0.4) is 0 Å². The lowest BCUT2D eigenvalue weighted by Gasteiger charge is -2.12. The molecule has 6 heteroatoms. The van der Waals surface area contributed by atoms with Crippen LogP contribution >= 0.6 is 0 Å². The van der Waals surface area contributed by atoms with Crippen molar-refractivity contribution in [2.24, 2.45) is 0 Å². The van der Waals surface area contributed by atoms with Crippen molar-refractivity contribution in [3.05, 3.63) is 70.1 Å². The highest BCUT2D eigenvalue weighted by Crippen LogP contribution is 2.19. The van der Waals surface area contributed by atoms with Crippen LogP contribution in [0.25, 0.3) is 5.65 Å². The summed E-state index contributed by atoms with van der Waals surface area (Å²) >= 11 is 0. The highest BCUT2D eigenvalue weighted by atomic mass is 19.1. The van der Waals surface area contributed by atoms with E-state index in [4.69, 9.17) is 0 Å². The number of halogens is 2. The van der Waals surface area contributed by atoms with Crippen LogP contribution in [0.4, 0.5) is 20.3 Å². The Hall–Kier alpha value is -2.76. The summed E-state index contributed by atoms with van der Waals surface area (Å²) in [5.41, 5.74) is 0.641. The summed E-state index contributed by atoms with van der Waals surface area (Å²) in [6.45, 7) is 1.82. The fourth-order valence-corrected chi connectivity index (χ4v) is 2.26. The Bertz CT molecular complexity index is 888. The predicted molar refractivity (Wildman–Crippen MR) is 80.5 cm³/mol. The van der Waals surface area contributed by atoms with Crippen molar-refractivity contribution in [3.63, 3.8) is 0 Å². The molecule has 1 N–H and O–H groups in total. The maximum Gasteiger partial charge on any atom is 0.263 e. The van der Waals surface area contributed by atoms with Crippen LogP contribution in [0.1, 0.15) is 12.5 Å². The average Bonchev–Trinajstić information content (AvgIpc) is 2.51. The molecule has 3 rings (SSSR count). The van der Waals surface area contributed by atoms with Gasteiger partial charge in [-0.1, -0.05) is 6.92 Å². The third-order valence-corrected chi connectivity index (χ3v) is 3.36. The molecule has 3 aromatic rings. The standard InChI is InChI=1S/C16H13F2N3O/c1-2-12-14(19-11-7-5-10(17)6-8-11)20-15-13(18)4-3-9-21(15)16(12)22/h3-9,19H,2H2,1H3. The minimum absolute atomic E-state index is 0.0469. The molecule has 0 fully saturated rings. The number of hydrogen-bond acceptors (Lipinski definition) is 3. The molecule has 0 atom stereocenters. The number of rotatable bonds is 3. The average molecular weight is 301 g/mol. The van der Waals surface area contributed by atoms with E-state index in [-0.39, 0.29) is 22.8 Å². The number of aromatic nitrogens is 2. The summed E-state index contributed by atoms with van der Waals surface area (Å²) in [6, 6.07) is 8.34. The van der Waals surface area contributed by atoms with Gasteiger partial charge in [-0.15, -0.1) is 0 Å². The lowest BCUT2D eigenvalue weighted by Crippen LogP contribution is -2.22. The van der Waals surface area contributed by atoms with Crippen LogP contribution in [-0.4, -0.2) is 9.38 Å². The van der Waals surface area contributed by atoms with E-state index in [1.807, 2.05) is 6.92 Å². The summed E-state index contributed by atoms with van der Waals surface area (Å²) in [5, 5.41) is 2.95. The zero-order valence-electron chi connectivity index (χ0n) is 11.8. The number of pyridine rings is 1. The lowest BCUT2D eigenvalue weighted by molar-refractivity contribution is 0.626. The molecule has 0 aliphatic rings. The first kappa shape index (κ1) is 14.2. The van der Waals surface area contributed by atoms with Crippen molar-refractivity contribution in [1.82, 2.24) is 9.38 Å². The Kier molecular flexibility index (Phi) is 3.58. The van der Waals surface area contributed by atoms with Gasteiger partial charge in [0, 0.05) is 11.9 Å². The van der Waals surface area contributed by atoms with Crippen molar-refractivity contribution in [1.29, 1.82) is 0 Å². The number of anilines is 2. The van der Waals surface area contributed by atoms with Gasteiger partial charge < -0.3 is 5.32 Å². The zero-order chi connectivity index (χ0) is 15.7. The third-order valence-electron chi connectivity index (χ3n) is 3.36. The minimum Gasteiger partial charge on any atom is -0.340 e. The number of nitrogens with one attached hydrogen (secondary N) is 1. The van der Waals surface area contributed by atoms with E-state index in [0.29, 0.717) is 17.7 Å². The molecule has 0 saturated carbocycles. The molecule has 0 bridgehead atoms. The smallest absolute Gasteiger partial charge is 0.263 e. The van der Waals surface area contributed by atoms with Crippen molar-refractivity contribution >= 4 is 17.2 Å². The number of fused-ring (bicyclic) bond motifs is 1. The second-order valence-electron chi connectivity index (χ2n) is 4.78. The molecule has 0 aliphatic heterocycles. The second-order valence-corrected chi connectivity index (χ2v) is 4.78. The van der Waals surface area contributed by atoms with E-state index in [9.17, 15) is 13.6 Å². The monoisotopic (exact) mass is 301 g/mol. The molecule has 2 aromatic heterocycles. The van der Waals surface area contributed by atoms with Gasteiger partial charge in [-0.3, -0.25) is 9.20 Å². The highest BCUT2D eigenvalue weighted by Gasteiger charge is 2.13. The van der Waals surface area contributed by atoms with Gasteiger partial charge in [0.15, 0.2) is 11.5 Å². The molecule has 0 spiro atoms. The molecule has 22 heavy (non-hydrogen) atoms. The first-order valence-corrected chi connectivity index (χ1v) is 6.82. The molecule has 0 amide bonds. The zero-order valence-corrected chi connectivity index (χ0v) is 11.8. The van der Waals surface area contributed by atoms with Crippen LogP contribution in [0.15, 0.2) is 47.4 Å². The van der Waals surface area contributed by atoms with Crippen LogP contribution in [0, 0.1) is 11.6 Å². The fraction of sp³-hybridized carbons (Fsp3) is 0.125. The maximum atomic E-state index is 13.9. The van der Waals surface area contributed by atoms with Gasteiger partial charge in [0.05, 0.1) is 5.56 Å². The predicted octanol–water partition coefficient (Wildman–Crippen LogP) is 3.28. The Morgan fingerprint density at radius 2 is 1.91 bits per heavy atom. The first-order chi connectivity index (χ1) is 10.6. The second kappa shape index (κ2) is 5.55. The fourth-order valence-electron chi connectivity index (χ4n) is 2.26. The first-order valence-electron chi connectivity index (χ1n) is 6.82. The summed E-state index contributed by atoms with van der Waals surface area (Å²) in [6.07, 6.45) is 1.92. The van der Waals surface area contributed by atoms with E-state index in [2.05, 4.69) is 10.3 Å². The SMILES string of the molecule is CCc1c(Nc2ccc(F)cc2)nc2c(F)cccn2c1=O. The van der Waals surface area contributed by atoms with Crippen LogP contribution < -0.4 is 10.9 Å². The molecule has 4 nitrogen and oxygen atoms in total. The van der Waals surface area contributed by atoms with E-state index in [1.165, 1.54) is 47.0 Å². The van der Waals surface area contributed by atoms with Gasteiger partial charge in [0.2, 0.25) is 0 Å². The van der Waals surface area contributed by atoms with Gasteiger partial charge in [-0.2, -0.15) is 0 Å². The summed E-state index contributed by atoms with van der Waals surface area (Å²) in [5.74, 6) is -0.660. The van der Waals surface area contributed by atoms with Crippen molar-refractivity contribution in [2.75, 3.05) is 5.32 Å². The number of hydrogen-bond donors (Lipinski definition) is 1. The van der Waals surface area contributed by atoms with Crippen LogP contribution in [0.5, 0.6) is 0 Å². The summed E-state index contributed by atoms with van der Waals surface area (Å²) < 4.78 is 28.0. The number of nitrogens with zero attached hydrogens (tertiary/aromatic N) is 2. The van der Waals surface area contributed by atoms with Gasteiger partial charge in [-0.05, 0) is 42.8 Å². The Morgan fingerprint density at radius 3 is 2.59 bits per heavy atom. The lowest BCUT2D eigenvalue weighted by atomic mass is 10.2. The number of benzene rings is 1. The summed E-state index contributed by atoms with van der Waals surface area (Å²) in [7, 11) is 0. The molecule has 0 unspecified atom stereocenters. The third kappa shape index (κ3) is 2.43. The topological polar surface area (TPSA) is 46.4 Å². The van der Waals surface area contributed by atoms with E-state index in [0.717, 1.165) is 0 Å². The summed E-state index contributed by atoms with van der Waals surface area (Å²) in [4.78, 5) is 16.6. The highest BCUT2D eigenvalue weighted by molar-refractivity contribution is 5.61. The molecule has 0 aliphatic carbocycles. The Balaban J connectivity index is 2.17. The Labute approximate surface area is 125 Å². The van der Waals surface area contributed by atoms with Crippen molar-refractivity contribution < 1.29 is 8.78 Å². The van der Waals surface area contributed by atoms with Crippen molar-refractivity contribution in [2.45, 2.75) is 13.3 Å². The normalized spacial score (nSPS) is 10.9. The maximum absolute atomic E-state index is 13.9. The molecule has 0 radical (unpaired) electrons.